The number of carbonyl (C=O) groups excluding carboxylic acids is 1. The summed E-state index contributed by atoms with van der Waals surface area (Å²) in [7, 11) is 3.06. The Morgan fingerprint density at radius 1 is 1.55 bits per heavy atom. The first-order chi connectivity index (χ1) is 9.43. The summed E-state index contributed by atoms with van der Waals surface area (Å²) in [5.74, 6) is -0.319. The number of ether oxygens (including phenoxy) is 1. The summed E-state index contributed by atoms with van der Waals surface area (Å²) in [4.78, 5) is 12.1. The van der Waals surface area contributed by atoms with Crippen LogP contribution < -0.4 is 5.32 Å². The quantitative estimate of drug-likeness (QED) is 0.637. The minimum atomic E-state index is -3.83. The molecular formula is C12H17ClN2O4S. The lowest BCUT2D eigenvalue weighted by Gasteiger charge is -2.28. The zero-order chi connectivity index (χ0) is 14.8. The van der Waals surface area contributed by atoms with Crippen LogP contribution in [-0.4, -0.2) is 39.2 Å². The first-order valence-electron chi connectivity index (χ1n) is 6.37. The second-order valence-corrected chi connectivity index (χ2v) is 7.31. The highest BCUT2D eigenvalue weighted by Gasteiger charge is 2.27. The van der Waals surface area contributed by atoms with Crippen molar-refractivity contribution in [1.82, 2.24) is 9.88 Å². The van der Waals surface area contributed by atoms with E-state index in [2.05, 4.69) is 5.32 Å². The molecule has 0 atom stereocenters. The van der Waals surface area contributed by atoms with E-state index in [-0.39, 0.29) is 16.8 Å². The number of rotatable bonds is 6. The number of aromatic nitrogens is 1. The zero-order valence-electron chi connectivity index (χ0n) is 11.1. The van der Waals surface area contributed by atoms with Crippen molar-refractivity contribution in [2.45, 2.75) is 30.2 Å². The van der Waals surface area contributed by atoms with Gasteiger partial charge in [0, 0.05) is 36.6 Å². The van der Waals surface area contributed by atoms with E-state index < -0.39 is 9.05 Å². The standard InChI is InChI=1S/C12H17ClN2O4S/c1-19-6-5-14-12(16)11-7-10(20(13,17)18)8-15(11)9-3-2-4-9/h7-9H,2-6H2,1H3,(H,14,16). The topological polar surface area (TPSA) is 77.4 Å². The van der Waals surface area contributed by atoms with Gasteiger partial charge in [0.1, 0.15) is 10.6 Å². The van der Waals surface area contributed by atoms with E-state index in [4.69, 9.17) is 15.4 Å². The van der Waals surface area contributed by atoms with Gasteiger partial charge in [-0.05, 0) is 25.3 Å². The number of hydrogen-bond donors (Lipinski definition) is 1. The molecule has 2 rings (SSSR count). The number of nitrogens with one attached hydrogen (secondary N) is 1. The van der Waals surface area contributed by atoms with Gasteiger partial charge in [0.05, 0.1) is 6.61 Å². The van der Waals surface area contributed by atoms with Crippen LogP contribution in [0.5, 0.6) is 0 Å². The van der Waals surface area contributed by atoms with Gasteiger partial charge in [-0.15, -0.1) is 0 Å². The number of nitrogens with zero attached hydrogens (tertiary/aromatic N) is 1. The Hall–Kier alpha value is -1.05. The average Bonchev–Trinajstić information content (AvgIpc) is 2.71. The van der Waals surface area contributed by atoms with E-state index in [0.29, 0.717) is 18.8 Å². The molecule has 0 saturated heterocycles. The largest absolute Gasteiger partial charge is 0.383 e. The van der Waals surface area contributed by atoms with Crippen molar-refractivity contribution in [1.29, 1.82) is 0 Å². The fourth-order valence-electron chi connectivity index (χ4n) is 2.09. The van der Waals surface area contributed by atoms with Crippen molar-refractivity contribution < 1.29 is 17.9 Å². The number of hydrogen-bond acceptors (Lipinski definition) is 4. The maximum absolute atomic E-state index is 12.1. The lowest BCUT2D eigenvalue weighted by Crippen LogP contribution is -2.30. The van der Waals surface area contributed by atoms with E-state index in [1.54, 1.807) is 11.7 Å². The number of amides is 1. The summed E-state index contributed by atoms with van der Waals surface area (Å²) >= 11 is 0. The van der Waals surface area contributed by atoms with Crippen LogP contribution >= 0.6 is 10.7 Å². The fraction of sp³-hybridized carbons (Fsp3) is 0.583. The van der Waals surface area contributed by atoms with E-state index >= 15 is 0 Å². The summed E-state index contributed by atoms with van der Waals surface area (Å²) < 4.78 is 29.4. The summed E-state index contributed by atoms with van der Waals surface area (Å²) in [6.45, 7) is 0.769. The SMILES string of the molecule is COCCNC(=O)c1cc(S(=O)(=O)Cl)cn1C1CCC1. The van der Waals surface area contributed by atoms with Crippen LogP contribution in [0, 0.1) is 0 Å². The van der Waals surface area contributed by atoms with Gasteiger partial charge >= 0.3 is 0 Å². The Labute approximate surface area is 122 Å². The Balaban J connectivity index is 2.25. The maximum atomic E-state index is 12.1. The molecule has 0 aliphatic heterocycles. The van der Waals surface area contributed by atoms with Gasteiger partial charge in [-0.3, -0.25) is 4.79 Å². The van der Waals surface area contributed by atoms with Crippen LogP contribution in [-0.2, 0) is 13.8 Å². The van der Waals surface area contributed by atoms with Crippen LogP contribution in [0.25, 0.3) is 0 Å². The van der Waals surface area contributed by atoms with Crippen LogP contribution in [0.4, 0.5) is 0 Å². The van der Waals surface area contributed by atoms with Crippen molar-refractivity contribution >= 4 is 25.6 Å². The normalized spacial score (nSPS) is 15.9. The summed E-state index contributed by atoms with van der Waals surface area (Å²) in [6.07, 6.45) is 4.40. The van der Waals surface area contributed by atoms with Crippen LogP contribution in [0.1, 0.15) is 35.8 Å². The molecule has 0 spiro atoms. The third-order valence-corrected chi connectivity index (χ3v) is 4.72. The second kappa shape index (κ2) is 6.15. The van der Waals surface area contributed by atoms with Gasteiger partial charge in [-0.2, -0.15) is 0 Å². The smallest absolute Gasteiger partial charge is 0.268 e. The molecular weight excluding hydrogens is 304 g/mol. The van der Waals surface area contributed by atoms with Gasteiger partial charge < -0.3 is 14.6 Å². The molecule has 1 aliphatic rings. The van der Waals surface area contributed by atoms with Crippen molar-refractivity contribution in [2.24, 2.45) is 0 Å². The first-order valence-corrected chi connectivity index (χ1v) is 8.68. The second-order valence-electron chi connectivity index (χ2n) is 4.74. The highest BCUT2D eigenvalue weighted by molar-refractivity contribution is 8.13. The van der Waals surface area contributed by atoms with E-state index in [0.717, 1.165) is 19.3 Å². The molecule has 1 heterocycles. The number of methoxy groups -OCH3 is 1. The molecule has 1 fully saturated rings. The average molecular weight is 321 g/mol. The Morgan fingerprint density at radius 3 is 2.75 bits per heavy atom. The van der Waals surface area contributed by atoms with E-state index in [9.17, 15) is 13.2 Å². The predicted octanol–water partition coefficient (Wildman–Crippen LogP) is 1.52. The number of halogens is 1. The summed E-state index contributed by atoms with van der Waals surface area (Å²) in [6, 6.07) is 1.49. The summed E-state index contributed by atoms with van der Waals surface area (Å²) in [5.41, 5.74) is 0.324. The van der Waals surface area contributed by atoms with Gasteiger partial charge in [0.2, 0.25) is 0 Å². The molecule has 1 N–H and O–H groups in total. The molecule has 1 aromatic heterocycles. The maximum Gasteiger partial charge on any atom is 0.268 e. The van der Waals surface area contributed by atoms with E-state index in [1.807, 2.05) is 0 Å². The minimum absolute atomic E-state index is 0.0389. The lowest BCUT2D eigenvalue weighted by molar-refractivity contribution is 0.0922. The molecule has 1 aliphatic carbocycles. The Bertz CT molecular complexity index is 593. The van der Waals surface area contributed by atoms with Crippen molar-refractivity contribution in [3.63, 3.8) is 0 Å². The van der Waals surface area contributed by atoms with Gasteiger partial charge in [0.15, 0.2) is 0 Å². The molecule has 0 aromatic carbocycles. The monoisotopic (exact) mass is 320 g/mol. The minimum Gasteiger partial charge on any atom is -0.383 e. The first kappa shape index (κ1) is 15.3. The van der Waals surface area contributed by atoms with Crippen molar-refractivity contribution in [3.8, 4) is 0 Å². The van der Waals surface area contributed by atoms with Crippen LogP contribution in [0.15, 0.2) is 17.2 Å². The third-order valence-electron chi connectivity index (χ3n) is 3.40. The van der Waals surface area contributed by atoms with Crippen LogP contribution in [0.2, 0.25) is 0 Å². The van der Waals surface area contributed by atoms with Gasteiger partial charge in [-0.1, -0.05) is 0 Å². The van der Waals surface area contributed by atoms with Crippen molar-refractivity contribution in [2.75, 3.05) is 20.3 Å². The summed E-state index contributed by atoms with van der Waals surface area (Å²) in [5, 5.41) is 2.69. The fourth-order valence-corrected chi connectivity index (χ4v) is 2.84. The van der Waals surface area contributed by atoms with Crippen molar-refractivity contribution in [3.05, 3.63) is 18.0 Å². The Morgan fingerprint density at radius 2 is 2.25 bits per heavy atom. The molecule has 1 aromatic rings. The Kier molecular flexibility index (Phi) is 4.72. The molecule has 112 valence electrons. The molecule has 6 nitrogen and oxygen atoms in total. The highest BCUT2D eigenvalue weighted by atomic mass is 35.7. The molecule has 0 bridgehead atoms. The third kappa shape index (κ3) is 3.34. The highest BCUT2D eigenvalue weighted by Crippen LogP contribution is 2.34. The van der Waals surface area contributed by atoms with Gasteiger partial charge in [-0.25, -0.2) is 8.42 Å². The molecule has 1 saturated carbocycles. The molecule has 1 amide bonds. The molecule has 0 unspecified atom stereocenters. The van der Waals surface area contributed by atoms with Crippen LogP contribution in [0.3, 0.4) is 0 Å². The number of carbonyl (C=O) groups is 1. The zero-order valence-corrected chi connectivity index (χ0v) is 12.7. The molecule has 8 heteroatoms. The molecule has 0 radical (unpaired) electrons. The van der Waals surface area contributed by atoms with E-state index in [1.165, 1.54) is 12.3 Å². The van der Waals surface area contributed by atoms with Gasteiger partial charge in [0.25, 0.3) is 15.0 Å². The molecule has 20 heavy (non-hydrogen) atoms. The predicted molar refractivity (Wildman–Crippen MR) is 74.6 cm³/mol. The lowest BCUT2D eigenvalue weighted by atomic mass is 9.93.